The van der Waals surface area contributed by atoms with E-state index in [2.05, 4.69) is 25.7 Å². The molecule has 2 N–H and O–H groups in total. The fourth-order valence-corrected chi connectivity index (χ4v) is 2.40. The summed E-state index contributed by atoms with van der Waals surface area (Å²) in [6.07, 6.45) is 1.40. The van der Waals surface area contributed by atoms with Gasteiger partial charge in [0.2, 0.25) is 0 Å². The Morgan fingerprint density at radius 3 is 2.72 bits per heavy atom. The van der Waals surface area contributed by atoms with Gasteiger partial charge in [0, 0.05) is 17.7 Å². The first-order chi connectivity index (χ1) is 12.1. The van der Waals surface area contributed by atoms with Crippen LogP contribution in [0, 0.1) is 13.8 Å². The van der Waals surface area contributed by atoms with E-state index in [0.29, 0.717) is 16.8 Å². The van der Waals surface area contributed by atoms with Crippen LogP contribution in [0.5, 0.6) is 0 Å². The molecule has 0 fully saturated rings. The first kappa shape index (κ1) is 16.5. The highest BCUT2D eigenvalue weighted by Gasteiger charge is 2.12. The van der Waals surface area contributed by atoms with Gasteiger partial charge in [-0.3, -0.25) is 9.59 Å². The molecule has 1 amide bonds. The third-order valence-corrected chi connectivity index (χ3v) is 4.01. The number of hydrogen-bond donors (Lipinski definition) is 2. The summed E-state index contributed by atoms with van der Waals surface area (Å²) in [5.74, 6) is -0.319. The van der Waals surface area contributed by atoms with Crippen molar-refractivity contribution in [3.05, 3.63) is 75.3 Å². The van der Waals surface area contributed by atoms with E-state index in [4.69, 9.17) is 0 Å². The van der Waals surface area contributed by atoms with Crippen molar-refractivity contribution < 1.29 is 4.79 Å². The number of aromatic nitrogens is 4. The number of hydrogen-bond acceptors (Lipinski definition) is 5. The maximum atomic E-state index is 12.4. The number of H-pyrrole nitrogens is 1. The normalized spacial score (nSPS) is 10.5. The van der Waals surface area contributed by atoms with E-state index in [9.17, 15) is 9.59 Å². The van der Waals surface area contributed by atoms with Crippen molar-refractivity contribution in [3.63, 3.8) is 0 Å². The maximum absolute atomic E-state index is 12.4. The lowest BCUT2D eigenvalue weighted by molar-refractivity contribution is 0.0950. The molecule has 126 valence electrons. The summed E-state index contributed by atoms with van der Waals surface area (Å²) >= 11 is 0. The third kappa shape index (κ3) is 3.60. The summed E-state index contributed by atoms with van der Waals surface area (Å²) in [4.78, 5) is 24.3. The van der Waals surface area contributed by atoms with Crippen LogP contribution in [0.1, 0.15) is 27.2 Å². The number of aromatic amines is 1. The van der Waals surface area contributed by atoms with Crippen molar-refractivity contribution in [2.75, 3.05) is 0 Å². The van der Waals surface area contributed by atoms with Crippen LogP contribution in [0.15, 0.2) is 47.4 Å². The topological polar surface area (TPSA) is 101 Å². The molecule has 2 aromatic heterocycles. The van der Waals surface area contributed by atoms with Crippen LogP contribution in [-0.2, 0) is 6.54 Å². The van der Waals surface area contributed by atoms with Crippen LogP contribution in [-0.4, -0.2) is 26.3 Å². The summed E-state index contributed by atoms with van der Waals surface area (Å²) in [6, 6.07) is 11.2. The number of amides is 1. The van der Waals surface area contributed by atoms with E-state index in [1.54, 1.807) is 19.9 Å². The Hall–Kier alpha value is -3.35. The Morgan fingerprint density at radius 1 is 1.20 bits per heavy atom. The predicted molar refractivity (Wildman–Crippen MR) is 93.0 cm³/mol. The van der Waals surface area contributed by atoms with Crippen molar-refractivity contribution >= 4 is 5.91 Å². The SMILES string of the molecule is Cc1n[nH]c(=O)c(CNC(=O)c2cnnc(-c3ccccc3)c2)c1C. The zero-order chi connectivity index (χ0) is 17.8. The Bertz CT molecular complexity index is 967. The first-order valence-electron chi connectivity index (χ1n) is 7.77. The van der Waals surface area contributed by atoms with Gasteiger partial charge in [-0.25, -0.2) is 5.10 Å². The molecule has 0 unspecified atom stereocenters. The lowest BCUT2D eigenvalue weighted by Gasteiger charge is -2.09. The van der Waals surface area contributed by atoms with E-state index in [1.807, 2.05) is 30.3 Å². The van der Waals surface area contributed by atoms with E-state index < -0.39 is 0 Å². The van der Waals surface area contributed by atoms with Gasteiger partial charge in [-0.2, -0.15) is 15.3 Å². The van der Waals surface area contributed by atoms with Crippen LogP contribution < -0.4 is 10.9 Å². The molecule has 3 aromatic rings. The number of carbonyl (C=O) groups excluding carboxylic acids is 1. The second kappa shape index (κ2) is 7.04. The first-order valence-corrected chi connectivity index (χ1v) is 7.77. The Labute approximate surface area is 144 Å². The fourth-order valence-electron chi connectivity index (χ4n) is 2.40. The van der Waals surface area contributed by atoms with Crippen LogP contribution >= 0.6 is 0 Å². The molecule has 0 aliphatic rings. The second-order valence-corrected chi connectivity index (χ2v) is 5.62. The summed E-state index contributed by atoms with van der Waals surface area (Å²) in [5, 5.41) is 17.0. The van der Waals surface area contributed by atoms with Crippen molar-refractivity contribution in [2.45, 2.75) is 20.4 Å². The van der Waals surface area contributed by atoms with E-state index >= 15 is 0 Å². The van der Waals surface area contributed by atoms with Crippen molar-refractivity contribution in [1.29, 1.82) is 0 Å². The molecule has 7 nitrogen and oxygen atoms in total. The summed E-state index contributed by atoms with van der Waals surface area (Å²) in [7, 11) is 0. The van der Waals surface area contributed by atoms with Crippen LogP contribution in [0.25, 0.3) is 11.3 Å². The molecule has 0 aliphatic heterocycles. The standard InChI is InChI=1S/C18H17N5O2/c1-11-12(2)21-23-18(25)15(11)10-19-17(24)14-8-16(22-20-9-14)13-6-4-3-5-7-13/h3-9H,10H2,1-2H3,(H,19,24)(H,23,25). The number of benzene rings is 1. The smallest absolute Gasteiger partial charge is 0.269 e. The highest BCUT2D eigenvalue weighted by molar-refractivity contribution is 5.94. The Kier molecular flexibility index (Phi) is 4.65. The summed E-state index contributed by atoms with van der Waals surface area (Å²) < 4.78 is 0. The van der Waals surface area contributed by atoms with E-state index in [1.165, 1.54) is 6.20 Å². The van der Waals surface area contributed by atoms with Crippen LogP contribution in [0.4, 0.5) is 0 Å². The predicted octanol–water partition coefficient (Wildman–Crippen LogP) is 1.77. The zero-order valence-electron chi connectivity index (χ0n) is 13.9. The number of carbonyl (C=O) groups is 1. The van der Waals surface area contributed by atoms with Gasteiger partial charge in [0.1, 0.15) is 0 Å². The largest absolute Gasteiger partial charge is 0.348 e. The van der Waals surface area contributed by atoms with Gasteiger partial charge in [0.05, 0.1) is 23.1 Å². The lowest BCUT2D eigenvalue weighted by Crippen LogP contribution is -2.28. The van der Waals surface area contributed by atoms with Crippen LogP contribution in [0.2, 0.25) is 0 Å². The number of rotatable bonds is 4. The molecule has 3 rings (SSSR count). The van der Waals surface area contributed by atoms with Gasteiger partial charge in [0.15, 0.2) is 0 Å². The number of nitrogens with one attached hydrogen (secondary N) is 2. The summed E-state index contributed by atoms with van der Waals surface area (Å²) in [6.45, 7) is 3.72. The molecule has 1 aromatic carbocycles. The molecule has 0 aliphatic carbocycles. The minimum atomic E-state index is -0.319. The maximum Gasteiger partial charge on any atom is 0.269 e. The van der Waals surface area contributed by atoms with Crippen molar-refractivity contribution in [3.8, 4) is 11.3 Å². The Balaban J connectivity index is 1.79. The summed E-state index contributed by atoms with van der Waals surface area (Å²) in [5.41, 5.74) is 3.55. The molecule has 0 spiro atoms. The average Bonchev–Trinajstić information content (AvgIpc) is 2.65. The van der Waals surface area contributed by atoms with Crippen LogP contribution in [0.3, 0.4) is 0 Å². The van der Waals surface area contributed by atoms with Gasteiger partial charge < -0.3 is 5.32 Å². The average molecular weight is 335 g/mol. The monoisotopic (exact) mass is 335 g/mol. The quantitative estimate of drug-likeness (QED) is 0.757. The minimum absolute atomic E-state index is 0.117. The third-order valence-electron chi connectivity index (χ3n) is 4.01. The second-order valence-electron chi connectivity index (χ2n) is 5.62. The zero-order valence-corrected chi connectivity index (χ0v) is 13.9. The molecule has 0 radical (unpaired) electrons. The highest BCUT2D eigenvalue weighted by atomic mass is 16.2. The molecular formula is C18H17N5O2. The van der Waals surface area contributed by atoms with Crippen molar-refractivity contribution in [2.24, 2.45) is 0 Å². The molecule has 0 saturated heterocycles. The molecule has 7 heteroatoms. The minimum Gasteiger partial charge on any atom is -0.348 e. The van der Waals surface area contributed by atoms with E-state index in [-0.39, 0.29) is 18.0 Å². The molecule has 25 heavy (non-hydrogen) atoms. The van der Waals surface area contributed by atoms with Gasteiger partial charge in [0.25, 0.3) is 11.5 Å². The van der Waals surface area contributed by atoms with Gasteiger partial charge >= 0.3 is 0 Å². The van der Waals surface area contributed by atoms with Gasteiger partial charge in [-0.15, -0.1) is 0 Å². The lowest BCUT2D eigenvalue weighted by atomic mass is 10.1. The molecule has 2 heterocycles. The number of nitrogens with zero attached hydrogens (tertiary/aromatic N) is 3. The molecule has 0 saturated carbocycles. The van der Waals surface area contributed by atoms with Crippen molar-refractivity contribution in [1.82, 2.24) is 25.7 Å². The fraction of sp³-hybridized carbons (Fsp3) is 0.167. The van der Waals surface area contributed by atoms with E-state index in [0.717, 1.165) is 16.8 Å². The highest BCUT2D eigenvalue weighted by Crippen LogP contribution is 2.16. The molecule has 0 atom stereocenters. The van der Waals surface area contributed by atoms with Gasteiger partial charge in [-0.05, 0) is 25.5 Å². The van der Waals surface area contributed by atoms with Gasteiger partial charge in [-0.1, -0.05) is 30.3 Å². The molecular weight excluding hydrogens is 318 g/mol. The molecule has 0 bridgehead atoms. The Morgan fingerprint density at radius 2 is 1.96 bits per heavy atom. The number of aryl methyl sites for hydroxylation is 1.